The summed E-state index contributed by atoms with van der Waals surface area (Å²) in [5.41, 5.74) is 1.77. The molecule has 1 aromatic carbocycles. The van der Waals surface area contributed by atoms with E-state index in [0.29, 0.717) is 0 Å². The normalized spacial score (nSPS) is 20.4. The lowest BCUT2D eigenvalue weighted by atomic mass is 10.3. The van der Waals surface area contributed by atoms with Crippen LogP contribution in [0, 0.1) is 5.82 Å². The van der Waals surface area contributed by atoms with Crippen molar-refractivity contribution in [2.24, 2.45) is 0 Å². The number of aromatic nitrogens is 2. The number of hydrogen-bond donors (Lipinski definition) is 1. The zero-order valence-corrected chi connectivity index (χ0v) is 11.1. The van der Waals surface area contributed by atoms with Crippen molar-refractivity contribution in [1.82, 2.24) is 14.9 Å². The van der Waals surface area contributed by atoms with E-state index >= 15 is 0 Å². The lowest BCUT2D eigenvalue weighted by Crippen LogP contribution is -2.32. The number of halogens is 1. The molecule has 0 amide bonds. The molecule has 5 heteroatoms. The number of rotatable bonds is 2. The molecule has 0 aliphatic carbocycles. The Labute approximate surface area is 110 Å². The highest BCUT2D eigenvalue weighted by molar-refractivity contribution is 7.99. The molecule has 1 saturated heterocycles. The zero-order valence-electron chi connectivity index (χ0n) is 10.3. The van der Waals surface area contributed by atoms with Crippen molar-refractivity contribution in [2.45, 2.75) is 19.5 Å². The standard InChI is InChI=1S/C13H16FN3S/c1-2-17-12-7-9(14)3-4-10(12)16-13(17)11-8-18-6-5-15-11/h3-4,7,11,15H,2,5-6,8H2,1H3. The molecule has 1 aromatic heterocycles. The number of thioether (sulfide) groups is 1. The number of imidazole rings is 1. The number of benzene rings is 1. The third-order valence-electron chi connectivity index (χ3n) is 3.29. The summed E-state index contributed by atoms with van der Waals surface area (Å²) in [4.78, 5) is 4.67. The van der Waals surface area contributed by atoms with E-state index in [0.717, 1.165) is 41.5 Å². The molecule has 1 atom stereocenters. The summed E-state index contributed by atoms with van der Waals surface area (Å²) in [7, 11) is 0. The van der Waals surface area contributed by atoms with E-state index in [4.69, 9.17) is 0 Å². The van der Waals surface area contributed by atoms with E-state index in [1.165, 1.54) is 6.07 Å². The first-order chi connectivity index (χ1) is 8.79. The second-order valence-corrected chi connectivity index (χ2v) is 5.58. The molecule has 1 aliphatic heterocycles. The molecule has 1 aliphatic rings. The number of hydrogen-bond acceptors (Lipinski definition) is 3. The number of nitrogens with zero attached hydrogens (tertiary/aromatic N) is 2. The van der Waals surface area contributed by atoms with Crippen LogP contribution in [0.3, 0.4) is 0 Å². The van der Waals surface area contributed by atoms with Gasteiger partial charge in [0.05, 0.1) is 17.1 Å². The smallest absolute Gasteiger partial charge is 0.127 e. The Morgan fingerprint density at radius 1 is 1.56 bits per heavy atom. The van der Waals surface area contributed by atoms with E-state index in [1.807, 2.05) is 11.8 Å². The van der Waals surface area contributed by atoms with E-state index < -0.39 is 0 Å². The van der Waals surface area contributed by atoms with Gasteiger partial charge in [0, 0.05) is 24.6 Å². The van der Waals surface area contributed by atoms with Gasteiger partial charge >= 0.3 is 0 Å². The van der Waals surface area contributed by atoms with E-state index in [9.17, 15) is 4.39 Å². The Morgan fingerprint density at radius 2 is 2.44 bits per heavy atom. The van der Waals surface area contributed by atoms with Crippen LogP contribution in [0.15, 0.2) is 18.2 Å². The molecular weight excluding hydrogens is 249 g/mol. The van der Waals surface area contributed by atoms with Crippen LogP contribution in [-0.4, -0.2) is 27.6 Å². The number of nitrogens with one attached hydrogen (secondary N) is 1. The molecule has 0 spiro atoms. The summed E-state index contributed by atoms with van der Waals surface area (Å²) in [5, 5.41) is 3.49. The molecule has 0 bridgehead atoms. The highest BCUT2D eigenvalue weighted by Crippen LogP contribution is 2.25. The first kappa shape index (κ1) is 12.0. The van der Waals surface area contributed by atoms with E-state index in [-0.39, 0.29) is 11.9 Å². The fraction of sp³-hybridized carbons (Fsp3) is 0.462. The third kappa shape index (κ3) is 2.01. The summed E-state index contributed by atoms with van der Waals surface area (Å²) in [6.07, 6.45) is 0. The van der Waals surface area contributed by atoms with Gasteiger partial charge in [-0.25, -0.2) is 9.37 Å². The first-order valence-corrected chi connectivity index (χ1v) is 7.42. The number of aryl methyl sites for hydroxylation is 1. The van der Waals surface area contributed by atoms with Crippen LogP contribution < -0.4 is 5.32 Å². The molecule has 0 saturated carbocycles. The average Bonchev–Trinajstić information content (AvgIpc) is 2.77. The molecule has 1 fully saturated rings. The molecule has 2 aromatic rings. The second-order valence-electron chi connectivity index (χ2n) is 4.43. The average molecular weight is 265 g/mol. The van der Waals surface area contributed by atoms with Crippen molar-refractivity contribution in [3.8, 4) is 0 Å². The van der Waals surface area contributed by atoms with Gasteiger partial charge in [-0.1, -0.05) is 0 Å². The minimum Gasteiger partial charge on any atom is -0.327 e. The predicted octanol–water partition coefficient (Wildman–Crippen LogP) is 2.57. The summed E-state index contributed by atoms with van der Waals surface area (Å²) in [6, 6.07) is 5.09. The Morgan fingerprint density at radius 3 is 3.17 bits per heavy atom. The molecule has 18 heavy (non-hydrogen) atoms. The van der Waals surface area contributed by atoms with Crippen molar-refractivity contribution in [3.05, 3.63) is 29.8 Å². The lowest BCUT2D eigenvalue weighted by Gasteiger charge is -2.23. The SMILES string of the molecule is CCn1c(C2CSCCN2)nc2ccc(F)cc21. The van der Waals surface area contributed by atoms with Crippen LogP contribution in [0.2, 0.25) is 0 Å². The first-order valence-electron chi connectivity index (χ1n) is 6.26. The minimum absolute atomic E-state index is 0.199. The van der Waals surface area contributed by atoms with Gasteiger partial charge < -0.3 is 9.88 Å². The van der Waals surface area contributed by atoms with Crippen molar-refractivity contribution >= 4 is 22.8 Å². The van der Waals surface area contributed by atoms with E-state index in [1.54, 1.807) is 12.1 Å². The molecule has 3 rings (SSSR count). The van der Waals surface area contributed by atoms with Crippen LogP contribution >= 0.6 is 11.8 Å². The lowest BCUT2D eigenvalue weighted by molar-refractivity contribution is 0.536. The van der Waals surface area contributed by atoms with Gasteiger partial charge in [-0.05, 0) is 25.1 Å². The van der Waals surface area contributed by atoms with Gasteiger partial charge in [0.2, 0.25) is 0 Å². The highest BCUT2D eigenvalue weighted by Gasteiger charge is 2.21. The van der Waals surface area contributed by atoms with Crippen LogP contribution in [0.1, 0.15) is 18.8 Å². The van der Waals surface area contributed by atoms with Gasteiger partial charge in [0.25, 0.3) is 0 Å². The summed E-state index contributed by atoms with van der Waals surface area (Å²) in [6.45, 7) is 3.90. The molecular formula is C13H16FN3S. The maximum absolute atomic E-state index is 13.3. The maximum atomic E-state index is 13.3. The Balaban J connectivity index is 2.10. The van der Waals surface area contributed by atoms with Gasteiger partial charge in [-0.3, -0.25) is 0 Å². The van der Waals surface area contributed by atoms with Gasteiger partial charge in [-0.15, -0.1) is 0 Å². The summed E-state index contributed by atoms with van der Waals surface area (Å²) >= 11 is 1.94. The van der Waals surface area contributed by atoms with Crippen LogP contribution in [0.4, 0.5) is 4.39 Å². The summed E-state index contributed by atoms with van der Waals surface area (Å²) < 4.78 is 15.5. The van der Waals surface area contributed by atoms with Gasteiger partial charge in [0.15, 0.2) is 0 Å². The fourth-order valence-corrected chi connectivity index (χ4v) is 3.38. The maximum Gasteiger partial charge on any atom is 0.127 e. The Bertz CT molecular complexity index is 561. The third-order valence-corrected chi connectivity index (χ3v) is 4.35. The van der Waals surface area contributed by atoms with Gasteiger partial charge in [0.1, 0.15) is 11.6 Å². The Kier molecular flexibility index (Phi) is 3.26. The Hall–Kier alpha value is -1.07. The quantitative estimate of drug-likeness (QED) is 0.905. The van der Waals surface area contributed by atoms with Gasteiger partial charge in [-0.2, -0.15) is 11.8 Å². The molecule has 1 N–H and O–H groups in total. The van der Waals surface area contributed by atoms with Crippen LogP contribution in [0.5, 0.6) is 0 Å². The largest absolute Gasteiger partial charge is 0.327 e. The molecule has 0 radical (unpaired) electrons. The minimum atomic E-state index is -0.199. The fourth-order valence-electron chi connectivity index (χ4n) is 2.44. The monoisotopic (exact) mass is 265 g/mol. The summed E-state index contributed by atoms with van der Waals surface area (Å²) in [5.74, 6) is 3.02. The molecule has 96 valence electrons. The molecule has 3 nitrogen and oxygen atoms in total. The van der Waals surface area contributed by atoms with E-state index in [2.05, 4.69) is 21.8 Å². The zero-order chi connectivity index (χ0) is 12.5. The molecule has 1 unspecified atom stereocenters. The number of fused-ring (bicyclic) bond motifs is 1. The topological polar surface area (TPSA) is 29.9 Å². The van der Waals surface area contributed by atoms with Crippen molar-refractivity contribution in [2.75, 3.05) is 18.1 Å². The van der Waals surface area contributed by atoms with Crippen molar-refractivity contribution < 1.29 is 4.39 Å². The van der Waals surface area contributed by atoms with Crippen LogP contribution in [0.25, 0.3) is 11.0 Å². The predicted molar refractivity (Wildman–Crippen MR) is 73.4 cm³/mol. The second kappa shape index (κ2) is 4.90. The van der Waals surface area contributed by atoms with Crippen molar-refractivity contribution in [3.63, 3.8) is 0 Å². The van der Waals surface area contributed by atoms with Crippen molar-refractivity contribution in [1.29, 1.82) is 0 Å². The highest BCUT2D eigenvalue weighted by atomic mass is 32.2. The van der Waals surface area contributed by atoms with Crippen LogP contribution in [-0.2, 0) is 6.54 Å². The molecule has 2 heterocycles.